The summed E-state index contributed by atoms with van der Waals surface area (Å²) in [4.78, 5) is 0. The van der Waals surface area contributed by atoms with Crippen molar-refractivity contribution in [2.75, 3.05) is 0 Å². The van der Waals surface area contributed by atoms with Crippen LogP contribution >= 0.6 is 0 Å². The van der Waals surface area contributed by atoms with Gasteiger partial charge in [-0.3, -0.25) is 0 Å². The van der Waals surface area contributed by atoms with Crippen molar-refractivity contribution in [2.45, 2.75) is 6.92 Å². The van der Waals surface area contributed by atoms with E-state index in [1.807, 2.05) is 12.1 Å². The lowest BCUT2D eigenvalue weighted by atomic mass is 10.0. The molecule has 0 saturated carbocycles. The zero-order valence-electron chi connectivity index (χ0n) is 8.49. The highest BCUT2D eigenvalue weighted by Gasteiger charge is 2.10. The van der Waals surface area contributed by atoms with Gasteiger partial charge in [0.2, 0.25) is 0 Å². The van der Waals surface area contributed by atoms with Crippen molar-refractivity contribution >= 4 is 16.3 Å². The number of rotatable bonds is 1. The van der Waals surface area contributed by atoms with Gasteiger partial charge in [0.25, 0.3) is 0 Å². The highest BCUT2D eigenvalue weighted by molar-refractivity contribution is 5.96. The summed E-state index contributed by atoms with van der Waals surface area (Å²) in [7, 11) is 0. The van der Waals surface area contributed by atoms with Crippen molar-refractivity contribution in [3.8, 4) is 11.5 Å². The minimum absolute atomic E-state index is 0.168. The van der Waals surface area contributed by atoms with Crippen LogP contribution in [-0.4, -0.2) is 10.2 Å². The van der Waals surface area contributed by atoms with E-state index in [0.717, 1.165) is 5.57 Å². The Hall–Kier alpha value is -1.96. The second kappa shape index (κ2) is 3.31. The van der Waals surface area contributed by atoms with Gasteiger partial charge in [-0.1, -0.05) is 30.8 Å². The predicted octanol–water partition coefficient (Wildman–Crippen LogP) is 3.28. The van der Waals surface area contributed by atoms with Gasteiger partial charge in [0.1, 0.15) is 11.5 Å². The van der Waals surface area contributed by atoms with E-state index < -0.39 is 0 Å². The molecule has 0 aliphatic carbocycles. The largest absolute Gasteiger partial charge is 0.507 e. The normalized spacial score (nSPS) is 10.5. The Bertz CT molecular complexity index is 541. The van der Waals surface area contributed by atoms with Gasteiger partial charge in [0, 0.05) is 16.3 Å². The average Bonchev–Trinajstić information content (AvgIpc) is 2.23. The minimum atomic E-state index is 0.168. The summed E-state index contributed by atoms with van der Waals surface area (Å²) in [5, 5.41) is 21.0. The number of allylic oxidation sites excluding steroid dienone is 1. The Balaban J connectivity index is 2.90. The fraction of sp³-hybridized carbons (Fsp3) is 0.0769. The first-order valence-electron chi connectivity index (χ1n) is 4.71. The van der Waals surface area contributed by atoms with Gasteiger partial charge in [0.15, 0.2) is 0 Å². The highest BCUT2D eigenvalue weighted by Crippen LogP contribution is 2.37. The van der Waals surface area contributed by atoms with Crippen molar-refractivity contribution in [3.05, 3.63) is 42.5 Å². The molecule has 2 aromatic carbocycles. The molecule has 0 aromatic heterocycles. The first-order chi connectivity index (χ1) is 7.11. The number of benzene rings is 2. The molecular formula is C13H12O2. The Morgan fingerprint density at radius 3 is 2.33 bits per heavy atom. The molecular weight excluding hydrogens is 188 g/mol. The number of hydrogen-bond donors (Lipinski definition) is 2. The lowest BCUT2D eigenvalue weighted by Crippen LogP contribution is -1.83. The van der Waals surface area contributed by atoms with E-state index in [-0.39, 0.29) is 11.5 Å². The van der Waals surface area contributed by atoms with Crippen molar-refractivity contribution < 1.29 is 10.2 Å². The SMILES string of the molecule is C=C(C)c1cc(O)c2ccccc2c1O. The van der Waals surface area contributed by atoms with Crippen LogP contribution in [0.4, 0.5) is 0 Å². The van der Waals surface area contributed by atoms with Crippen LogP contribution in [0.25, 0.3) is 16.3 Å². The Kier molecular flexibility index (Phi) is 2.12. The van der Waals surface area contributed by atoms with Gasteiger partial charge in [-0.2, -0.15) is 0 Å². The van der Waals surface area contributed by atoms with E-state index in [1.54, 1.807) is 25.1 Å². The van der Waals surface area contributed by atoms with Crippen LogP contribution in [0.1, 0.15) is 12.5 Å². The highest BCUT2D eigenvalue weighted by atomic mass is 16.3. The van der Waals surface area contributed by atoms with E-state index in [2.05, 4.69) is 6.58 Å². The molecule has 0 atom stereocenters. The van der Waals surface area contributed by atoms with E-state index in [9.17, 15) is 10.2 Å². The number of fused-ring (bicyclic) bond motifs is 1. The van der Waals surface area contributed by atoms with Crippen molar-refractivity contribution in [2.24, 2.45) is 0 Å². The zero-order chi connectivity index (χ0) is 11.0. The molecule has 0 aliphatic rings. The van der Waals surface area contributed by atoms with Crippen molar-refractivity contribution in [1.82, 2.24) is 0 Å². The number of aromatic hydroxyl groups is 2. The molecule has 76 valence electrons. The molecule has 15 heavy (non-hydrogen) atoms. The first kappa shape index (κ1) is 9.59. The Morgan fingerprint density at radius 1 is 1.13 bits per heavy atom. The molecule has 2 aromatic rings. The van der Waals surface area contributed by atoms with E-state index >= 15 is 0 Å². The number of hydrogen-bond acceptors (Lipinski definition) is 2. The second-order valence-corrected chi connectivity index (χ2v) is 3.62. The molecule has 2 N–H and O–H groups in total. The van der Waals surface area contributed by atoms with E-state index in [1.165, 1.54) is 0 Å². The molecule has 0 spiro atoms. The second-order valence-electron chi connectivity index (χ2n) is 3.62. The molecule has 2 rings (SSSR count). The van der Waals surface area contributed by atoms with Crippen molar-refractivity contribution in [1.29, 1.82) is 0 Å². The van der Waals surface area contributed by atoms with Gasteiger partial charge >= 0.3 is 0 Å². The number of phenols is 2. The molecule has 2 heteroatoms. The van der Waals surface area contributed by atoms with Crippen molar-refractivity contribution in [3.63, 3.8) is 0 Å². The summed E-state index contributed by atoms with van der Waals surface area (Å²) in [6.45, 7) is 5.56. The monoisotopic (exact) mass is 200 g/mol. The van der Waals surface area contributed by atoms with Crippen LogP contribution in [0.2, 0.25) is 0 Å². The summed E-state index contributed by atoms with van der Waals surface area (Å²) in [6.07, 6.45) is 0. The van der Waals surface area contributed by atoms with Crippen LogP contribution in [-0.2, 0) is 0 Å². The van der Waals surface area contributed by atoms with Crippen LogP contribution < -0.4 is 0 Å². The Labute approximate surface area is 88.1 Å². The fourth-order valence-electron chi connectivity index (χ4n) is 1.67. The topological polar surface area (TPSA) is 40.5 Å². The maximum atomic E-state index is 9.97. The molecule has 2 nitrogen and oxygen atoms in total. The fourth-order valence-corrected chi connectivity index (χ4v) is 1.67. The van der Waals surface area contributed by atoms with Gasteiger partial charge in [-0.05, 0) is 18.6 Å². The lowest BCUT2D eigenvalue weighted by molar-refractivity contribution is 0.468. The average molecular weight is 200 g/mol. The first-order valence-corrected chi connectivity index (χ1v) is 4.71. The minimum Gasteiger partial charge on any atom is -0.507 e. The maximum Gasteiger partial charge on any atom is 0.131 e. The quantitative estimate of drug-likeness (QED) is 0.693. The van der Waals surface area contributed by atoms with E-state index in [0.29, 0.717) is 16.3 Å². The van der Waals surface area contributed by atoms with Gasteiger partial charge in [0.05, 0.1) is 0 Å². The number of phenolic OH excluding ortho intramolecular Hbond substituents is 2. The third-order valence-electron chi connectivity index (χ3n) is 2.45. The molecule has 0 fully saturated rings. The van der Waals surface area contributed by atoms with Crippen LogP contribution in [0.15, 0.2) is 36.9 Å². The van der Waals surface area contributed by atoms with Gasteiger partial charge < -0.3 is 10.2 Å². The van der Waals surface area contributed by atoms with Gasteiger partial charge in [-0.15, -0.1) is 0 Å². The van der Waals surface area contributed by atoms with Crippen LogP contribution in [0, 0.1) is 0 Å². The standard InChI is InChI=1S/C13H12O2/c1-8(2)11-7-12(14)9-5-3-4-6-10(9)13(11)15/h3-7,14-15H,1H2,2H3. The van der Waals surface area contributed by atoms with Gasteiger partial charge in [-0.25, -0.2) is 0 Å². The summed E-state index contributed by atoms with van der Waals surface area (Å²) in [6, 6.07) is 8.73. The summed E-state index contributed by atoms with van der Waals surface area (Å²) in [5.74, 6) is 0.345. The zero-order valence-corrected chi connectivity index (χ0v) is 8.49. The van der Waals surface area contributed by atoms with E-state index in [4.69, 9.17) is 0 Å². The van der Waals surface area contributed by atoms with Crippen LogP contribution in [0.3, 0.4) is 0 Å². The summed E-state index contributed by atoms with van der Waals surface area (Å²) < 4.78 is 0. The molecule has 0 saturated heterocycles. The predicted molar refractivity (Wildman–Crippen MR) is 62.0 cm³/mol. The molecule has 0 unspecified atom stereocenters. The smallest absolute Gasteiger partial charge is 0.131 e. The third-order valence-corrected chi connectivity index (χ3v) is 2.45. The lowest BCUT2D eigenvalue weighted by Gasteiger charge is -2.09. The molecule has 0 amide bonds. The summed E-state index contributed by atoms with van der Waals surface area (Å²) in [5.41, 5.74) is 1.32. The molecule has 0 bridgehead atoms. The molecule has 0 heterocycles. The molecule has 0 aliphatic heterocycles. The molecule has 0 radical (unpaired) electrons. The summed E-state index contributed by atoms with van der Waals surface area (Å²) >= 11 is 0. The van der Waals surface area contributed by atoms with Crippen LogP contribution in [0.5, 0.6) is 11.5 Å². The Morgan fingerprint density at radius 2 is 1.73 bits per heavy atom. The third kappa shape index (κ3) is 1.44. The maximum absolute atomic E-state index is 9.97.